The molecular weight excluding hydrogens is 408 g/mol. The van der Waals surface area contributed by atoms with Crippen molar-refractivity contribution in [2.45, 2.75) is 52.6 Å². The molecule has 0 aliphatic heterocycles. The zero-order chi connectivity index (χ0) is 22.4. The molecule has 0 bridgehead atoms. The van der Waals surface area contributed by atoms with Crippen LogP contribution in [0.15, 0.2) is 0 Å². The highest BCUT2D eigenvalue weighted by Crippen LogP contribution is 2.42. The molecule has 1 nitrogen and oxygen atoms in total. The second-order valence-electron chi connectivity index (χ2n) is 7.53. The third-order valence-corrected chi connectivity index (χ3v) is 4.28. The molecule has 2 aromatic rings. The van der Waals surface area contributed by atoms with Crippen molar-refractivity contribution in [2.24, 2.45) is 0 Å². The number of rotatable bonds is 4. The van der Waals surface area contributed by atoms with Crippen molar-refractivity contribution >= 4 is 0 Å². The van der Waals surface area contributed by atoms with Crippen LogP contribution in [0.4, 0.5) is 35.1 Å². The summed E-state index contributed by atoms with van der Waals surface area (Å²) in [5.74, 6) is -19.3. The molecule has 29 heavy (non-hydrogen) atoms. The third kappa shape index (κ3) is 3.91. The molecule has 0 radical (unpaired) electrons. The van der Waals surface area contributed by atoms with Crippen LogP contribution in [0.2, 0.25) is 0 Å². The van der Waals surface area contributed by atoms with E-state index in [9.17, 15) is 35.1 Å². The van der Waals surface area contributed by atoms with Crippen LogP contribution in [0.3, 0.4) is 0 Å². The monoisotopic (exact) mass is 426 g/mol. The van der Waals surface area contributed by atoms with E-state index < -0.39 is 80.5 Å². The Morgan fingerprint density at radius 2 is 1.00 bits per heavy atom. The number of hydrogen-bond donors (Lipinski definition) is 0. The first-order chi connectivity index (χ1) is 13.2. The summed E-state index contributed by atoms with van der Waals surface area (Å²) in [6, 6.07) is 0. The predicted octanol–water partition coefficient (Wildman–Crippen LogP) is 7.16. The molecule has 0 aliphatic rings. The molecular formula is C20H18F8O. The van der Waals surface area contributed by atoms with E-state index in [1.807, 2.05) is 0 Å². The van der Waals surface area contributed by atoms with Gasteiger partial charge in [0.2, 0.25) is 11.6 Å². The first kappa shape index (κ1) is 23.0. The minimum Gasteiger partial charge on any atom is -0.482 e. The van der Waals surface area contributed by atoms with E-state index in [1.54, 1.807) is 0 Å². The van der Waals surface area contributed by atoms with Gasteiger partial charge in [0.05, 0.1) is 11.1 Å². The normalized spacial score (nSPS) is 13.0. The molecule has 0 saturated carbocycles. The van der Waals surface area contributed by atoms with Crippen molar-refractivity contribution < 1.29 is 39.9 Å². The minimum atomic E-state index is -2.25. The highest BCUT2D eigenvalue weighted by Gasteiger charge is 2.36. The summed E-state index contributed by atoms with van der Waals surface area (Å²) in [6.45, 7) is 6.75. The maximum absolute atomic E-state index is 14.5. The summed E-state index contributed by atoms with van der Waals surface area (Å²) in [5.41, 5.74) is -6.05. The Morgan fingerprint density at radius 1 is 0.655 bits per heavy atom. The van der Waals surface area contributed by atoms with Gasteiger partial charge in [-0.25, -0.2) is 26.3 Å². The van der Waals surface area contributed by atoms with E-state index in [0.717, 1.165) is 0 Å². The molecule has 0 spiro atoms. The van der Waals surface area contributed by atoms with Gasteiger partial charge >= 0.3 is 0 Å². The van der Waals surface area contributed by atoms with E-state index in [-0.39, 0.29) is 6.42 Å². The fraction of sp³-hybridized carbons (Fsp3) is 0.400. The second kappa shape index (κ2) is 7.84. The smallest absolute Gasteiger partial charge is 0.204 e. The van der Waals surface area contributed by atoms with Gasteiger partial charge in [0.25, 0.3) is 0 Å². The van der Waals surface area contributed by atoms with E-state index in [4.69, 9.17) is 4.74 Å². The Kier molecular flexibility index (Phi) is 6.20. The van der Waals surface area contributed by atoms with Crippen LogP contribution < -0.4 is 4.74 Å². The Bertz CT molecular complexity index is 904. The van der Waals surface area contributed by atoms with Gasteiger partial charge in [-0.15, -0.1) is 0 Å². The lowest BCUT2D eigenvalue weighted by atomic mass is 9.92. The Balaban J connectivity index is 2.90. The second-order valence-corrected chi connectivity index (χ2v) is 7.53. The lowest BCUT2D eigenvalue weighted by Crippen LogP contribution is -2.25. The SMILES string of the molecule is CCC(C)c1c(F)c(F)c(-c2c(F)c(F)c(OC(C)(C)C)c(F)c2F)c(F)c1F. The lowest BCUT2D eigenvalue weighted by molar-refractivity contribution is 0.114. The van der Waals surface area contributed by atoms with Crippen molar-refractivity contribution in [1.29, 1.82) is 0 Å². The number of benzene rings is 2. The fourth-order valence-corrected chi connectivity index (χ4v) is 2.73. The molecule has 0 saturated heterocycles. The van der Waals surface area contributed by atoms with Crippen LogP contribution in [0.5, 0.6) is 5.75 Å². The Labute approximate surface area is 162 Å². The van der Waals surface area contributed by atoms with Crippen LogP contribution in [0.1, 0.15) is 52.5 Å². The maximum atomic E-state index is 14.5. The minimum absolute atomic E-state index is 0.0941. The van der Waals surface area contributed by atoms with Gasteiger partial charge in [-0.05, 0) is 33.1 Å². The van der Waals surface area contributed by atoms with Crippen LogP contribution in [-0.2, 0) is 0 Å². The van der Waals surface area contributed by atoms with E-state index in [2.05, 4.69) is 0 Å². The molecule has 160 valence electrons. The topological polar surface area (TPSA) is 9.23 Å². The molecule has 2 aromatic carbocycles. The van der Waals surface area contributed by atoms with Gasteiger partial charge < -0.3 is 4.74 Å². The molecule has 0 N–H and O–H groups in total. The zero-order valence-electron chi connectivity index (χ0n) is 16.2. The molecule has 1 atom stereocenters. The molecule has 0 heterocycles. The van der Waals surface area contributed by atoms with Crippen molar-refractivity contribution in [1.82, 2.24) is 0 Å². The van der Waals surface area contributed by atoms with E-state index in [0.29, 0.717) is 0 Å². The van der Waals surface area contributed by atoms with Crippen molar-refractivity contribution in [2.75, 3.05) is 0 Å². The van der Waals surface area contributed by atoms with Crippen LogP contribution in [0, 0.1) is 46.5 Å². The highest BCUT2D eigenvalue weighted by atomic mass is 19.2. The molecule has 9 heteroatoms. The standard InChI is InChI=1S/C20H18F8O/c1-6-7(2)8-11(21)13(23)9(14(24)12(8)22)10-15(25)17(27)19(18(28)16(10)26)29-20(3,4)5/h7H,6H2,1-5H3. The summed E-state index contributed by atoms with van der Waals surface area (Å²) in [4.78, 5) is 0. The van der Waals surface area contributed by atoms with Crippen LogP contribution >= 0.6 is 0 Å². The third-order valence-electron chi connectivity index (χ3n) is 4.28. The fourth-order valence-electron chi connectivity index (χ4n) is 2.73. The largest absolute Gasteiger partial charge is 0.482 e. The first-order valence-corrected chi connectivity index (χ1v) is 8.65. The lowest BCUT2D eigenvalue weighted by Gasteiger charge is -2.23. The first-order valence-electron chi connectivity index (χ1n) is 8.65. The Hall–Kier alpha value is -2.32. The van der Waals surface area contributed by atoms with Crippen molar-refractivity contribution in [3.8, 4) is 16.9 Å². The summed E-state index contributed by atoms with van der Waals surface area (Å²) in [6.07, 6.45) is 0.0941. The number of halogens is 8. The van der Waals surface area contributed by atoms with Gasteiger partial charge in [-0.2, -0.15) is 8.78 Å². The maximum Gasteiger partial charge on any atom is 0.204 e. The highest BCUT2D eigenvalue weighted by molar-refractivity contribution is 5.69. The van der Waals surface area contributed by atoms with E-state index >= 15 is 0 Å². The van der Waals surface area contributed by atoms with Crippen molar-refractivity contribution in [3.63, 3.8) is 0 Å². The van der Waals surface area contributed by atoms with Gasteiger partial charge in [0, 0.05) is 5.56 Å². The molecule has 0 aliphatic carbocycles. The summed E-state index contributed by atoms with van der Waals surface area (Å²) < 4.78 is 120. The van der Waals surface area contributed by atoms with Gasteiger partial charge in [0.1, 0.15) is 5.60 Å². The molecule has 0 aromatic heterocycles. The molecule has 0 amide bonds. The zero-order valence-corrected chi connectivity index (χ0v) is 16.2. The summed E-state index contributed by atoms with van der Waals surface area (Å²) in [7, 11) is 0. The quantitative estimate of drug-likeness (QED) is 0.372. The van der Waals surface area contributed by atoms with Crippen molar-refractivity contribution in [3.05, 3.63) is 52.1 Å². The average molecular weight is 426 g/mol. The number of hydrogen-bond acceptors (Lipinski definition) is 1. The Morgan fingerprint density at radius 3 is 1.31 bits per heavy atom. The van der Waals surface area contributed by atoms with Gasteiger partial charge in [-0.3, -0.25) is 0 Å². The number of ether oxygens (including phenoxy) is 1. The van der Waals surface area contributed by atoms with Gasteiger partial charge in [-0.1, -0.05) is 13.8 Å². The molecule has 1 unspecified atom stereocenters. The summed E-state index contributed by atoms with van der Waals surface area (Å²) in [5, 5.41) is 0. The molecule has 0 fully saturated rings. The predicted molar refractivity (Wildman–Crippen MR) is 90.6 cm³/mol. The van der Waals surface area contributed by atoms with Crippen LogP contribution in [-0.4, -0.2) is 5.60 Å². The van der Waals surface area contributed by atoms with Crippen LogP contribution in [0.25, 0.3) is 11.1 Å². The summed E-state index contributed by atoms with van der Waals surface area (Å²) >= 11 is 0. The average Bonchev–Trinajstić information content (AvgIpc) is 2.63. The molecule has 2 rings (SSSR count). The van der Waals surface area contributed by atoms with Gasteiger partial charge in [0.15, 0.2) is 40.7 Å². The van der Waals surface area contributed by atoms with E-state index in [1.165, 1.54) is 34.6 Å².